The molecule has 64 valence electrons. The van der Waals surface area contributed by atoms with Crippen LogP contribution in [-0.2, 0) is 0 Å². The maximum absolute atomic E-state index is 10.7. The first kappa shape index (κ1) is 8.05. The summed E-state index contributed by atoms with van der Waals surface area (Å²) in [6.45, 7) is 0. The quantitative estimate of drug-likeness (QED) is 0.400. The van der Waals surface area contributed by atoms with E-state index in [0.717, 1.165) is 0 Å². The van der Waals surface area contributed by atoms with Gasteiger partial charge in [-0.05, 0) is 0 Å². The van der Waals surface area contributed by atoms with Crippen molar-refractivity contribution >= 4 is 17.5 Å². The summed E-state index contributed by atoms with van der Waals surface area (Å²) in [6.07, 6.45) is 0. The lowest BCUT2D eigenvalue weighted by Crippen LogP contribution is -2.17. The molecule has 7 nitrogen and oxygen atoms in total. The molecular formula is C5H7N5O2. The van der Waals surface area contributed by atoms with Crippen LogP contribution in [0.2, 0.25) is 0 Å². The molecule has 0 aliphatic heterocycles. The van der Waals surface area contributed by atoms with Gasteiger partial charge in [0.05, 0.1) is 0 Å². The summed E-state index contributed by atoms with van der Waals surface area (Å²) >= 11 is 0. The molecule has 0 saturated heterocycles. The van der Waals surface area contributed by atoms with Crippen LogP contribution >= 0.6 is 0 Å². The van der Waals surface area contributed by atoms with Crippen LogP contribution < -0.4 is 17.2 Å². The molecule has 0 aliphatic rings. The zero-order valence-electron chi connectivity index (χ0n) is 5.98. The summed E-state index contributed by atoms with van der Waals surface area (Å²) in [4.78, 5) is 17.2. The fourth-order valence-corrected chi connectivity index (χ4v) is 0.736. The number of amides is 1. The Kier molecular flexibility index (Phi) is 1.70. The van der Waals surface area contributed by atoms with E-state index >= 15 is 0 Å². The van der Waals surface area contributed by atoms with E-state index in [0.29, 0.717) is 0 Å². The number of nitrogens with two attached hydrogens (primary N) is 3. The molecule has 1 aromatic rings. The van der Waals surface area contributed by atoms with E-state index in [2.05, 4.69) is 9.97 Å². The Morgan fingerprint density at radius 2 is 1.67 bits per heavy atom. The van der Waals surface area contributed by atoms with E-state index in [4.69, 9.17) is 22.3 Å². The fraction of sp³-hybridized carbons (Fsp3) is 0. The molecule has 0 bridgehead atoms. The minimum Gasteiger partial charge on any atom is -0.479 e. The number of primary amides is 1. The second kappa shape index (κ2) is 2.53. The van der Waals surface area contributed by atoms with Gasteiger partial charge in [-0.1, -0.05) is 0 Å². The number of aromatic hydroxyl groups is 1. The summed E-state index contributed by atoms with van der Waals surface area (Å²) in [5.41, 5.74) is 15.2. The van der Waals surface area contributed by atoms with Crippen LogP contribution in [0, 0.1) is 0 Å². The molecule has 0 aromatic carbocycles. The van der Waals surface area contributed by atoms with E-state index in [1.165, 1.54) is 0 Å². The van der Waals surface area contributed by atoms with Gasteiger partial charge in [0.25, 0.3) is 5.91 Å². The molecule has 0 atom stereocenters. The number of rotatable bonds is 1. The third-order valence-electron chi connectivity index (χ3n) is 1.20. The predicted molar refractivity (Wildman–Crippen MR) is 41.0 cm³/mol. The van der Waals surface area contributed by atoms with Crippen molar-refractivity contribution in [2.45, 2.75) is 0 Å². The van der Waals surface area contributed by atoms with Gasteiger partial charge < -0.3 is 22.3 Å². The van der Waals surface area contributed by atoms with Gasteiger partial charge in [-0.3, -0.25) is 4.79 Å². The second-order valence-corrected chi connectivity index (χ2v) is 2.03. The molecule has 0 fully saturated rings. The highest BCUT2D eigenvalue weighted by Crippen LogP contribution is 2.16. The van der Waals surface area contributed by atoms with Crippen molar-refractivity contribution in [3.63, 3.8) is 0 Å². The molecule has 1 amide bonds. The van der Waals surface area contributed by atoms with Crippen LogP contribution in [0.1, 0.15) is 10.4 Å². The standard InChI is InChI=1S/C5H7N5O2/c6-2-1(4(8)11)3(7)10-5(12)9-2/h(H2,8,11)(H5,6,7,9,10,12). The van der Waals surface area contributed by atoms with E-state index in [1.54, 1.807) is 0 Å². The Hall–Kier alpha value is -2.05. The van der Waals surface area contributed by atoms with Gasteiger partial charge >= 0.3 is 6.01 Å². The van der Waals surface area contributed by atoms with Gasteiger partial charge in [0.2, 0.25) is 0 Å². The Labute approximate surface area is 67.2 Å². The largest absolute Gasteiger partial charge is 0.479 e. The molecule has 0 radical (unpaired) electrons. The highest BCUT2D eigenvalue weighted by Gasteiger charge is 2.13. The minimum absolute atomic E-state index is 0.173. The molecular weight excluding hydrogens is 162 g/mol. The lowest BCUT2D eigenvalue weighted by Gasteiger charge is -2.02. The second-order valence-electron chi connectivity index (χ2n) is 2.03. The van der Waals surface area contributed by atoms with Crippen LogP contribution in [0.25, 0.3) is 0 Å². The normalized spacial score (nSPS) is 9.67. The maximum atomic E-state index is 10.7. The van der Waals surface area contributed by atoms with Crippen molar-refractivity contribution in [2.24, 2.45) is 5.73 Å². The Balaban J connectivity index is 3.38. The number of hydrogen-bond donors (Lipinski definition) is 4. The molecule has 0 spiro atoms. The zero-order valence-corrected chi connectivity index (χ0v) is 5.98. The van der Waals surface area contributed by atoms with Crippen molar-refractivity contribution in [3.8, 4) is 6.01 Å². The van der Waals surface area contributed by atoms with Gasteiger partial charge in [0, 0.05) is 0 Å². The minimum atomic E-state index is -0.829. The molecule has 7 heteroatoms. The summed E-state index contributed by atoms with van der Waals surface area (Å²) in [7, 11) is 0. The first-order valence-electron chi connectivity index (χ1n) is 2.94. The average molecular weight is 169 g/mol. The van der Waals surface area contributed by atoms with Crippen LogP contribution in [0.15, 0.2) is 0 Å². The molecule has 12 heavy (non-hydrogen) atoms. The highest BCUT2D eigenvalue weighted by molar-refractivity contribution is 6.01. The number of aromatic nitrogens is 2. The van der Waals surface area contributed by atoms with E-state index in [1.807, 2.05) is 0 Å². The van der Waals surface area contributed by atoms with Gasteiger partial charge in [-0.15, -0.1) is 0 Å². The number of nitrogen functional groups attached to an aromatic ring is 2. The van der Waals surface area contributed by atoms with Crippen molar-refractivity contribution in [2.75, 3.05) is 11.5 Å². The van der Waals surface area contributed by atoms with E-state index in [9.17, 15) is 4.79 Å². The van der Waals surface area contributed by atoms with Gasteiger partial charge in [-0.25, -0.2) is 0 Å². The number of carbonyl (C=O) groups excluding carboxylic acids is 1. The third-order valence-corrected chi connectivity index (χ3v) is 1.20. The first-order chi connectivity index (χ1) is 5.52. The lowest BCUT2D eigenvalue weighted by atomic mass is 10.3. The molecule has 7 N–H and O–H groups in total. The summed E-state index contributed by atoms with van der Waals surface area (Å²) < 4.78 is 0. The molecule has 0 unspecified atom stereocenters. The lowest BCUT2D eigenvalue weighted by molar-refractivity contribution is 0.100. The van der Waals surface area contributed by atoms with Gasteiger partial charge in [0.15, 0.2) is 0 Å². The Morgan fingerprint density at radius 1 is 1.25 bits per heavy atom. The van der Waals surface area contributed by atoms with Crippen LogP contribution in [0.3, 0.4) is 0 Å². The van der Waals surface area contributed by atoms with Crippen molar-refractivity contribution in [1.29, 1.82) is 0 Å². The topological polar surface area (TPSA) is 141 Å². The Bertz CT molecular complexity index is 314. The van der Waals surface area contributed by atoms with Gasteiger partial charge in [-0.2, -0.15) is 9.97 Å². The molecule has 0 saturated carbocycles. The smallest absolute Gasteiger partial charge is 0.317 e. The van der Waals surface area contributed by atoms with Gasteiger partial charge in [0.1, 0.15) is 17.2 Å². The molecule has 0 aliphatic carbocycles. The number of nitrogens with zero attached hydrogens (tertiary/aromatic N) is 2. The number of carbonyl (C=O) groups is 1. The highest BCUT2D eigenvalue weighted by atomic mass is 16.3. The number of anilines is 2. The third kappa shape index (κ3) is 1.19. The summed E-state index contributed by atoms with van der Waals surface area (Å²) in [5.74, 6) is -1.29. The van der Waals surface area contributed by atoms with Crippen molar-refractivity contribution in [3.05, 3.63) is 5.56 Å². The Morgan fingerprint density at radius 3 is 2.00 bits per heavy atom. The molecule has 1 aromatic heterocycles. The summed E-state index contributed by atoms with van der Waals surface area (Å²) in [5, 5.41) is 8.77. The van der Waals surface area contributed by atoms with Crippen LogP contribution in [0.5, 0.6) is 6.01 Å². The average Bonchev–Trinajstić information content (AvgIpc) is 1.82. The SMILES string of the molecule is NC(=O)c1c(N)nc(O)nc1N. The summed E-state index contributed by atoms with van der Waals surface area (Å²) in [6, 6.07) is -0.588. The number of hydrogen-bond acceptors (Lipinski definition) is 6. The molecule has 1 heterocycles. The van der Waals surface area contributed by atoms with Crippen LogP contribution in [-0.4, -0.2) is 21.0 Å². The maximum Gasteiger partial charge on any atom is 0.317 e. The zero-order chi connectivity index (χ0) is 9.30. The predicted octanol–water partition coefficient (Wildman–Crippen LogP) is -1.55. The first-order valence-corrected chi connectivity index (χ1v) is 2.94. The fourth-order valence-electron chi connectivity index (χ4n) is 0.736. The van der Waals surface area contributed by atoms with Crippen LogP contribution in [0.4, 0.5) is 11.6 Å². The van der Waals surface area contributed by atoms with E-state index in [-0.39, 0.29) is 17.2 Å². The van der Waals surface area contributed by atoms with Crippen molar-refractivity contribution in [1.82, 2.24) is 9.97 Å². The van der Waals surface area contributed by atoms with E-state index < -0.39 is 11.9 Å². The monoisotopic (exact) mass is 169 g/mol. The molecule has 1 rings (SSSR count). The van der Waals surface area contributed by atoms with Crippen molar-refractivity contribution < 1.29 is 9.90 Å².